The van der Waals surface area contributed by atoms with E-state index < -0.39 is 0 Å². The number of anilines is 1. The molecule has 3 N–H and O–H groups in total. The Kier molecular flexibility index (Phi) is 4.45. The van der Waals surface area contributed by atoms with E-state index in [0.717, 1.165) is 17.8 Å². The zero-order valence-electron chi connectivity index (χ0n) is 12.4. The maximum Gasteiger partial charge on any atom is 0.0540 e. The molecule has 0 aliphatic rings. The van der Waals surface area contributed by atoms with E-state index in [9.17, 15) is 0 Å². The first-order chi connectivity index (χ1) is 9.50. The van der Waals surface area contributed by atoms with Gasteiger partial charge < -0.3 is 10.4 Å². The van der Waals surface area contributed by atoms with Crippen LogP contribution < -0.4 is 5.32 Å². The van der Waals surface area contributed by atoms with Crippen LogP contribution in [-0.2, 0) is 18.4 Å². The molecule has 0 bridgehead atoms. The van der Waals surface area contributed by atoms with Crippen LogP contribution in [-0.4, -0.2) is 21.9 Å². The summed E-state index contributed by atoms with van der Waals surface area (Å²) >= 11 is 0. The zero-order chi connectivity index (χ0) is 14.6. The molecule has 0 radical (unpaired) electrons. The molecule has 0 fully saturated rings. The molecule has 108 valence electrons. The standard InChI is InChI=1S/C16H23N3O/c1-16(2,3)15-13(11-18-19-15)10-17-14-6-4-12(5-7-14)8-9-20/h4-7,11,17,20H,8-10H2,1-3H3,(H,18,19). The van der Waals surface area contributed by atoms with Gasteiger partial charge in [-0.15, -0.1) is 0 Å². The lowest BCUT2D eigenvalue weighted by molar-refractivity contribution is 0.299. The van der Waals surface area contributed by atoms with Gasteiger partial charge in [-0.3, -0.25) is 5.10 Å². The summed E-state index contributed by atoms with van der Waals surface area (Å²) in [5.41, 5.74) is 4.65. The Labute approximate surface area is 120 Å². The summed E-state index contributed by atoms with van der Waals surface area (Å²) in [5.74, 6) is 0. The molecule has 4 nitrogen and oxygen atoms in total. The van der Waals surface area contributed by atoms with Crippen molar-refractivity contribution < 1.29 is 5.11 Å². The van der Waals surface area contributed by atoms with E-state index in [0.29, 0.717) is 6.42 Å². The molecule has 2 aromatic rings. The van der Waals surface area contributed by atoms with Crippen molar-refractivity contribution in [3.63, 3.8) is 0 Å². The predicted octanol–water partition coefficient (Wildman–Crippen LogP) is 2.85. The maximum atomic E-state index is 8.90. The van der Waals surface area contributed by atoms with E-state index in [2.05, 4.69) is 36.3 Å². The van der Waals surface area contributed by atoms with E-state index in [-0.39, 0.29) is 12.0 Å². The minimum atomic E-state index is 0.0680. The van der Waals surface area contributed by atoms with Crippen molar-refractivity contribution in [2.24, 2.45) is 0 Å². The van der Waals surface area contributed by atoms with Crippen molar-refractivity contribution in [1.29, 1.82) is 0 Å². The highest BCUT2D eigenvalue weighted by molar-refractivity contribution is 5.45. The Balaban J connectivity index is 2.00. The van der Waals surface area contributed by atoms with E-state index in [1.807, 2.05) is 30.5 Å². The smallest absolute Gasteiger partial charge is 0.0540 e. The van der Waals surface area contributed by atoms with Gasteiger partial charge in [0.2, 0.25) is 0 Å². The molecule has 1 aromatic carbocycles. The second-order valence-corrected chi connectivity index (χ2v) is 6.04. The summed E-state index contributed by atoms with van der Waals surface area (Å²) in [6.07, 6.45) is 2.59. The molecule has 0 aliphatic carbocycles. The van der Waals surface area contributed by atoms with Crippen molar-refractivity contribution in [1.82, 2.24) is 10.2 Å². The molecule has 0 saturated carbocycles. The summed E-state index contributed by atoms with van der Waals surface area (Å²) in [6.45, 7) is 7.47. The third-order valence-electron chi connectivity index (χ3n) is 3.31. The number of nitrogens with one attached hydrogen (secondary N) is 2. The fraction of sp³-hybridized carbons (Fsp3) is 0.438. The molecule has 0 atom stereocenters. The normalized spacial score (nSPS) is 11.6. The second-order valence-electron chi connectivity index (χ2n) is 6.04. The number of H-pyrrole nitrogens is 1. The van der Waals surface area contributed by atoms with Crippen molar-refractivity contribution in [2.45, 2.75) is 39.2 Å². The third-order valence-corrected chi connectivity index (χ3v) is 3.31. The molecular weight excluding hydrogens is 250 g/mol. The number of aliphatic hydroxyl groups is 1. The lowest BCUT2D eigenvalue weighted by atomic mass is 9.89. The lowest BCUT2D eigenvalue weighted by Crippen LogP contribution is -2.15. The predicted molar refractivity (Wildman–Crippen MR) is 81.8 cm³/mol. The number of nitrogens with zero attached hydrogens (tertiary/aromatic N) is 1. The Morgan fingerprint density at radius 2 is 1.90 bits per heavy atom. The van der Waals surface area contributed by atoms with Crippen molar-refractivity contribution in [3.05, 3.63) is 47.3 Å². The number of aliphatic hydroxyl groups excluding tert-OH is 1. The topological polar surface area (TPSA) is 60.9 Å². The van der Waals surface area contributed by atoms with E-state index in [1.165, 1.54) is 11.3 Å². The molecule has 1 heterocycles. The molecule has 0 unspecified atom stereocenters. The van der Waals surface area contributed by atoms with Crippen molar-refractivity contribution in [2.75, 3.05) is 11.9 Å². The van der Waals surface area contributed by atoms with Gasteiger partial charge in [-0.1, -0.05) is 32.9 Å². The summed E-state index contributed by atoms with van der Waals surface area (Å²) in [5, 5.41) is 19.5. The number of hydrogen-bond acceptors (Lipinski definition) is 3. The molecule has 2 rings (SSSR count). The van der Waals surface area contributed by atoms with Crippen LogP contribution in [0.15, 0.2) is 30.5 Å². The number of aromatic nitrogens is 2. The second kappa shape index (κ2) is 6.09. The van der Waals surface area contributed by atoms with Crippen molar-refractivity contribution in [3.8, 4) is 0 Å². The number of hydrogen-bond donors (Lipinski definition) is 3. The Hall–Kier alpha value is -1.81. The lowest BCUT2D eigenvalue weighted by Gasteiger charge is -2.18. The largest absolute Gasteiger partial charge is 0.396 e. The Bertz CT molecular complexity index is 538. The quantitative estimate of drug-likeness (QED) is 0.785. The van der Waals surface area contributed by atoms with Crippen LogP contribution in [0.2, 0.25) is 0 Å². The maximum absolute atomic E-state index is 8.90. The first-order valence-electron chi connectivity index (χ1n) is 6.97. The van der Waals surface area contributed by atoms with Crippen LogP contribution in [0.3, 0.4) is 0 Å². The first-order valence-corrected chi connectivity index (χ1v) is 6.97. The molecular formula is C16H23N3O. The van der Waals surface area contributed by atoms with Gasteiger partial charge in [0, 0.05) is 35.5 Å². The van der Waals surface area contributed by atoms with Crippen LogP contribution in [0.4, 0.5) is 5.69 Å². The fourth-order valence-corrected chi connectivity index (χ4v) is 2.21. The molecule has 0 amide bonds. The molecule has 20 heavy (non-hydrogen) atoms. The Morgan fingerprint density at radius 1 is 1.20 bits per heavy atom. The van der Waals surface area contributed by atoms with E-state index in [4.69, 9.17) is 5.11 Å². The average Bonchev–Trinajstić information content (AvgIpc) is 2.87. The highest BCUT2D eigenvalue weighted by Crippen LogP contribution is 2.24. The fourth-order valence-electron chi connectivity index (χ4n) is 2.21. The van der Waals surface area contributed by atoms with Crippen LogP contribution >= 0.6 is 0 Å². The summed E-state index contributed by atoms with van der Waals surface area (Å²) in [7, 11) is 0. The monoisotopic (exact) mass is 273 g/mol. The summed E-state index contributed by atoms with van der Waals surface area (Å²) < 4.78 is 0. The molecule has 4 heteroatoms. The SMILES string of the molecule is CC(C)(C)c1[nH]ncc1CNc1ccc(CCO)cc1. The highest BCUT2D eigenvalue weighted by Gasteiger charge is 2.19. The van der Waals surface area contributed by atoms with Crippen molar-refractivity contribution >= 4 is 5.69 Å². The van der Waals surface area contributed by atoms with Crippen LogP contribution in [0, 0.1) is 0 Å². The van der Waals surface area contributed by atoms with Crippen LogP contribution in [0.1, 0.15) is 37.6 Å². The first kappa shape index (κ1) is 14.6. The molecule has 0 spiro atoms. The molecule has 1 aromatic heterocycles. The zero-order valence-corrected chi connectivity index (χ0v) is 12.4. The molecule has 0 aliphatic heterocycles. The average molecular weight is 273 g/mol. The van der Waals surface area contributed by atoms with Gasteiger partial charge in [-0.2, -0.15) is 5.10 Å². The minimum absolute atomic E-state index is 0.0680. The number of benzene rings is 1. The van der Waals surface area contributed by atoms with Crippen LogP contribution in [0.5, 0.6) is 0 Å². The minimum Gasteiger partial charge on any atom is -0.396 e. The molecule has 0 saturated heterocycles. The van der Waals surface area contributed by atoms with Gasteiger partial charge in [0.05, 0.1) is 6.20 Å². The van der Waals surface area contributed by atoms with Gasteiger partial charge in [0.25, 0.3) is 0 Å². The number of aromatic amines is 1. The van der Waals surface area contributed by atoms with Gasteiger partial charge in [0.1, 0.15) is 0 Å². The summed E-state index contributed by atoms with van der Waals surface area (Å²) in [6, 6.07) is 8.17. The van der Waals surface area contributed by atoms with Gasteiger partial charge in [-0.25, -0.2) is 0 Å². The third kappa shape index (κ3) is 3.61. The van der Waals surface area contributed by atoms with Gasteiger partial charge >= 0.3 is 0 Å². The Morgan fingerprint density at radius 3 is 2.50 bits per heavy atom. The van der Waals surface area contributed by atoms with Gasteiger partial charge in [0.15, 0.2) is 0 Å². The number of rotatable bonds is 5. The summed E-state index contributed by atoms with van der Waals surface area (Å²) in [4.78, 5) is 0. The van der Waals surface area contributed by atoms with Gasteiger partial charge in [-0.05, 0) is 24.1 Å². The van der Waals surface area contributed by atoms with Crippen LogP contribution in [0.25, 0.3) is 0 Å². The van der Waals surface area contributed by atoms with E-state index >= 15 is 0 Å². The van der Waals surface area contributed by atoms with E-state index in [1.54, 1.807) is 0 Å². The highest BCUT2D eigenvalue weighted by atomic mass is 16.2.